The SMILES string of the molecule is CC(=O)CSc1nnc(-c2ccc(F)cc2)n1-c1ccc(F)cc1. The van der Waals surface area contributed by atoms with Gasteiger partial charge in [-0.1, -0.05) is 11.8 Å². The number of hydrogen-bond acceptors (Lipinski definition) is 4. The summed E-state index contributed by atoms with van der Waals surface area (Å²) in [5.41, 5.74) is 1.33. The van der Waals surface area contributed by atoms with Gasteiger partial charge in [0, 0.05) is 11.3 Å². The maximum absolute atomic E-state index is 13.2. The molecule has 0 bridgehead atoms. The molecule has 2 aromatic carbocycles. The van der Waals surface area contributed by atoms with Gasteiger partial charge >= 0.3 is 0 Å². The summed E-state index contributed by atoms with van der Waals surface area (Å²) in [7, 11) is 0. The van der Waals surface area contributed by atoms with Gasteiger partial charge in [-0.15, -0.1) is 10.2 Å². The number of nitrogens with zero attached hydrogens (tertiary/aromatic N) is 3. The maximum Gasteiger partial charge on any atom is 0.196 e. The fraction of sp³-hybridized carbons (Fsp3) is 0.118. The van der Waals surface area contributed by atoms with Crippen molar-refractivity contribution in [1.29, 1.82) is 0 Å². The first-order chi connectivity index (χ1) is 11.5. The van der Waals surface area contributed by atoms with E-state index in [0.717, 1.165) is 0 Å². The van der Waals surface area contributed by atoms with Gasteiger partial charge in [0.2, 0.25) is 0 Å². The monoisotopic (exact) mass is 345 g/mol. The summed E-state index contributed by atoms with van der Waals surface area (Å²) in [5, 5.41) is 8.79. The third kappa shape index (κ3) is 3.51. The van der Waals surface area contributed by atoms with Crippen molar-refractivity contribution < 1.29 is 13.6 Å². The highest BCUT2D eigenvalue weighted by Crippen LogP contribution is 2.28. The molecular weight excluding hydrogens is 332 g/mol. The van der Waals surface area contributed by atoms with Gasteiger partial charge in [0.1, 0.15) is 17.4 Å². The smallest absolute Gasteiger partial charge is 0.196 e. The largest absolute Gasteiger partial charge is 0.299 e. The number of carbonyl (C=O) groups is 1. The van der Waals surface area contributed by atoms with Crippen LogP contribution < -0.4 is 0 Å². The van der Waals surface area contributed by atoms with E-state index in [1.807, 2.05) is 0 Å². The van der Waals surface area contributed by atoms with E-state index in [4.69, 9.17) is 0 Å². The Kier molecular flexibility index (Phi) is 4.71. The summed E-state index contributed by atoms with van der Waals surface area (Å²) in [6, 6.07) is 11.7. The summed E-state index contributed by atoms with van der Waals surface area (Å²) < 4.78 is 28.1. The van der Waals surface area contributed by atoms with Crippen LogP contribution >= 0.6 is 11.8 Å². The second kappa shape index (κ2) is 6.92. The second-order valence-corrected chi connectivity index (χ2v) is 6.06. The van der Waals surface area contributed by atoms with Crippen LogP contribution in [0.5, 0.6) is 0 Å². The van der Waals surface area contributed by atoms with E-state index in [1.165, 1.54) is 43.0 Å². The van der Waals surface area contributed by atoms with Crippen molar-refractivity contribution in [2.75, 3.05) is 5.75 Å². The quantitative estimate of drug-likeness (QED) is 0.658. The minimum absolute atomic E-state index is 0.0111. The Labute approximate surface area is 141 Å². The number of halogens is 2. The molecule has 0 atom stereocenters. The van der Waals surface area contributed by atoms with Crippen LogP contribution in [0.15, 0.2) is 53.7 Å². The van der Waals surface area contributed by atoms with Crippen molar-refractivity contribution in [3.63, 3.8) is 0 Å². The molecular formula is C17H13F2N3OS. The Bertz CT molecular complexity index is 861. The van der Waals surface area contributed by atoms with Gasteiger partial charge < -0.3 is 0 Å². The van der Waals surface area contributed by atoms with Gasteiger partial charge in [0.15, 0.2) is 11.0 Å². The van der Waals surface area contributed by atoms with E-state index in [1.54, 1.807) is 28.8 Å². The van der Waals surface area contributed by atoms with Crippen molar-refractivity contribution >= 4 is 17.5 Å². The molecule has 0 unspecified atom stereocenters. The first-order valence-corrected chi connectivity index (χ1v) is 8.12. The van der Waals surface area contributed by atoms with Gasteiger partial charge in [-0.2, -0.15) is 0 Å². The molecule has 0 spiro atoms. The Morgan fingerprint density at radius 1 is 1.00 bits per heavy atom. The predicted molar refractivity (Wildman–Crippen MR) is 88.1 cm³/mol. The van der Waals surface area contributed by atoms with E-state index in [9.17, 15) is 13.6 Å². The zero-order valence-corrected chi connectivity index (χ0v) is 13.6. The van der Waals surface area contributed by atoms with E-state index in [2.05, 4.69) is 10.2 Å². The van der Waals surface area contributed by atoms with E-state index in [-0.39, 0.29) is 23.2 Å². The van der Waals surface area contributed by atoms with E-state index in [0.29, 0.717) is 22.2 Å². The fourth-order valence-corrected chi connectivity index (χ4v) is 2.89. The first kappa shape index (κ1) is 16.3. The van der Waals surface area contributed by atoms with Crippen LogP contribution in [0.25, 0.3) is 17.1 Å². The molecule has 7 heteroatoms. The van der Waals surface area contributed by atoms with Crippen molar-refractivity contribution in [2.24, 2.45) is 0 Å². The number of hydrogen-bond donors (Lipinski definition) is 0. The minimum atomic E-state index is -0.354. The number of benzene rings is 2. The lowest BCUT2D eigenvalue weighted by molar-refractivity contribution is -0.114. The van der Waals surface area contributed by atoms with E-state index < -0.39 is 0 Å². The average Bonchev–Trinajstić information content (AvgIpc) is 2.98. The van der Waals surface area contributed by atoms with Crippen LogP contribution in [0.2, 0.25) is 0 Å². The van der Waals surface area contributed by atoms with Crippen LogP contribution in [0, 0.1) is 11.6 Å². The number of rotatable bonds is 5. The molecule has 24 heavy (non-hydrogen) atoms. The third-order valence-corrected chi connectivity index (χ3v) is 4.30. The Morgan fingerprint density at radius 2 is 1.58 bits per heavy atom. The van der Waals surface area contributed by atoms with Crippen LogP contribution in [0.3, 0.4) is 0 Å². The Balaban J connectivity index is 2.09. The summed E-state index contributed by atoms with van der Waals surface area (Å²) >= 11 is 1.24. The summed E-state index contributed by atoms with van der Waals surface area (Å²) in [6.45, 7) is 1.49. The summed E-state index contributed by atoms with van der Waals surface area (Å²) in [5.74, 6) is 0.0541. The highest BCUT2D eigenvalue weighted by atomic mass is 32.2. The zero-order chi connectivity index (χ0) is 17.1. The van der Waals surface area contributed by atoms with E-state index >= 15 is 0 Å². The van der Waals surface area contributed by atoms with Crippen molar-refractivity contribution in [2.45, 2.75) is 12.1 Å². The molecule has 3 rings (SSSR count). The fourth-order valence-electron chi connectivity index (χ4n) is 2.14. The Morgan fingerprint density at radius 3 is 2.17 bits per heavy atom. The topological polar surface area (TPSA) is 47.8 Å². The van der Waals surface area contributed by atoms with Crippen molar-refractivity contribution in [1.82, 2.24) is 14.8 Å². The lowest BCUT2D eigenvalue weighted by Gasteiger charge is -2.10. The van der Waals surface area contributed by atoms with Gasteiger partial charge in [0.25, 0.3) is 0 Å². The molecule has 0 saturated heterocycles. The van der Waals surface area contributed by atoms with Gasteiger partial charge in [-0.25, -0.2) is 8.78 Å². The molecule has 0 saturated carbocycles. The standard InChI is InChI=1S/C17H13F2N3OS/c1-11(23)10-24-17-21-20-16(12-2-4-13(18)5-3-12)22(17)15-8-6-14(19)7-9-15/h2-9H,10H2,1H3. The summed E-state index contributed by atoms with van der Waals surface area (Å²) in [6.07, 6.45) is 0. The molecule has 4 nitrogen and oxygen atoms in total. The predicted octanol–water partition coefficient (Wildman–Crippen LogP) is 3.89. The zero-order valence-electron chi connectivity index (χ0n) is 12.7. The van der Waals surface area contributed by atoms with Crippen LogP contribution in [-0.4, -0.2) is 26.3 Å². The third-order valence-electron chi connectivity index (χ3n) is 3.23. The number of thioether (sulfide) groups is 1. The minimum Gasteiger partial charge on any atom is -0.299 e. The first-order valence-electron chi connectivity index (χ1n) is 7.14. The Hall–Kier alpha value is -2.54. The average molecular weight is 345 g/mol. The lowest BCUT2D eigenvalue weighted by atomic mass is 10.2. The normalized spacial score (nSPS) is 10.8. The highest BCUT2D eigenvalue weighted by Gasteiger charge is 2.16. The molecule has 0 aliphatic rings. The second-order valence-electron chi connectivity index (χ2n) is 5.12. The van der Waals surface area contributed by atoms with Gasteiger partial charge in [0.05, 0.1) is 5.75 Å². The molecule has 0 aliphatic carbocycles. The molecule has 0 N–H and O–H groups in total. The lowest BCUT2D eigenvalue weighted by Crippen LogP contribution is -2.02. The molecule has 0 radical (unpaired) electrons. The molecule has 0 aliphatic heterocycles. The van der Waals surface area contributed by atoms with Gasteiger partial charge in [-0.3, -0.25) is 9.36 Å². The molecule has 0 amide bonds. The van der Waals surface area contributed by atoms with Crippen LogP contribution in [0.1, 0.15) is 6.92 Å². The number of carbonyl (C=O) groups excluding carboxylic acids is 1. The number of ketones is 1. The maximum atomic E-state index is 13.2. The van der Waals surface area contributed by atoms with Crippen molar-refractivity contribution in [3.8, 4) is 17.1 Å². The highest BCUT2D eigenvalue weighted by molar-refractivity contribution is 7.99. The van der Waals surface area contributed by atoms with Crippen LogP contribution in [0.4, 0.5) is 8.78 Å². The molecule has 0 fully saturated rings. The van der Waals surface area contributed by atoms with Gasteiger partial charge in [-0.05, 0) is 55.5 Å². The molecule has 1 heterocycles. The summed E-state index contributed by atoms with van der Waals surface area (Å²) in [4.78, 5) is 11.3. The number of Topliss-reactive ketones (excluding diaryl/α,β-unsaturated/α-hetero) is 1. The molecule has 1 aromatic heterocycles. The number of aromatic nitrogens is 3. The van der Waals surface area contributed by atoms with Crippen molar-refractivity contribution in [3.05, 3.63) is 60.2 Å². The van der Waals surface area contributed by atoms with Crippen LogP contribution in [-0.2, 0) is 4.79 Å². The molecule has 3 aromatic rings. The molecule has 122 valence electrons.